The highest BCUT2D eigenvalue weighted by molar-refractivity contribution is 7.16. The summed E-state index contributed by atoms with van der Waals surface area (Å²) in [6.07, 6.45) is 0. The van der Waals surface area contributed by atoms with Gasteiger partial charge in [0.05, 0.1) is 9.88 Å². The van der Waals surface area contributed by atoms with E-state index in [1.165, 1.54) is 23.5 Å². The molecule has 0 aliphatic heterocycles. The van der Waals surface area contributed by atoms with Gasteiger partial charge in [0.15, 0.2) is 0 Å². The van der Waals surface area contributed by atoms with Crippen LogP contribution in [0.1, 0.15) is 17.4 Å². The van der Waals surface area contributed by atoms with Crippen molar-refractivity contribution in [3.05, 3.63) is 57.0 Å². The fraction of sp³-hybridized carbons (Fsp3) is 0.167. The molecule has 0 bridgehead atoms. The molecule has 0 fully saturated rings. The summed E-state index contributed by atoms with van der Waals surface area (Å²) < 4.78 is 13.5. The minimum atomic E-state index is -0.633. The average molecular weight is 256 g/mol. The first kappa shape index (κ1) is 11.6. The number of nitrogens with two attached hydrogens (primary N) is 1. The zero-order valence-electron chi connectivity index (χ0n) is 8.71. The van der Waals surface area contributed by atoms with Crippen LogP contribution >= 0.6 is 22.9 Å². The number of benzene rings is 1. The molecular weight excluding hydrogens is 245 g/mol. The predicted molar refractivity (Wildman–Crippen MR) is 66.4 cm³/mol. The molecule has 1 heterocycles. The van der Waals surface area contributed by atoms with Crippen LogP contribution in [0.3, 0.4) is 0 Å². The zero-order valence-corrected chi connectivity index (χ0v) is 10.3. The highest BCUT2D eigenvalue weighted by atomic mass is 35.5. The van der Waals surface area contributed by atoms with Crippen molar-refractivity contribution in [2.24, 2.45) is 5.73 Å². The van der Waals surface area contributed by atoms with Gasteiger partial charge in [0, 0.05) is 4.88 Å². The van der Waals surface area contributed by atoms with E-state index in [4.69, 9.17) is 17.3 Å². The Labute approximate surface area is 103 Å². The molecule has 1 nitrogen and oxygen atoms in total. The van der Waals surface area contributed by atoms with Crippen LogP contribution in [0.4, 0.5) is 4.39 Å². The molecule has 0 radical (unpaired) electrons. The van der Waals surface area contributed by atoms with Crippen molar-refractivity contribution in [2.75, 3.05) is 0 Å². The minimum absolute atomic E-state index is 0.260. The Morgan fingerprint density at radius 3 is 2.31 bits per heavy atom. The van der Waals surface area contributed by atoms with E-state index < -0.39 is 5.54 Å². The summed E-state index contributed by atoms with van der Waals surface area (Å²) in [5, 5.41) is 0. The maximum atomic E-state index is 12.8. The van der Waals surface area contributed by atoms with Crippen LogP contribution in [0.15, 0.2) is 36.4 Å². The number of hydrogen-bond acceptors (Lipinski definition) is 2. The van der Waals surface area contributed by atoms with Gasteiger partial charge in [0.1, 0.15) is 5.82 Å². The van der Waals surface area contributed by atoms with Crippen molar-refractivity contribution in [1.29, 1.82) is 0 Å². The molecule has 0 spiro atoms. The molecule has 0 saturated carbocycles. The van der Waals surface area contributed by atoms with Gasteiger partial charge in [-0.25, -0.2) is 4.39 Å². The fourth-order valence-electron chi connectivity index (χ4n) is 1.53. The van der Waals surface area contributed by atoms with Gasteiger partial charge in [-0.05, 0) is 36.8 Å². The monoisotopic (exact) mass is 255 g/mol. The third-order valence-electron chi connectivity index (χ3n) is 2.53. The van der Waals surface area contributed by atoms with Crippen molar-refractivity contribution in [2.45, 2.75) is 12.5 Å². The van der Waals surface area contributed by atoms with Crippen LogP contribution in [0.25, 0.3) is 0 Å². The van der Waals surface area contributed by atoms with Crippen LogP contribution in [0.2, 0.25) is 4.34 Å². The van der Waals surface area contributed by atoms with E-state index in [0.29, 0.717) is 4.34 Å². The third-order valence-corrected chi connectivity index (χ3v) is 4.00. The molecule has 2 aromatic rings. The van der Waals surface area contributed by atoms with Gasteiger partial charge in [-0.1, -0.05) is 23.7 Å². The smallest absolute Gasteiger partial charge is 0.123 e. The van der Waals surface area contributed by atoms with Gasteiger partial charge in [-0.3, -0.25) is 0 Å². The third kappa shape index (κ3) is 2.12. The van der Waals surface area contributed by atoms with Crippen LogP contribution in [-0.2, 0) is 5.54 Å². The zero-order chi connectivity index (χ0) is 11.8. The minimum Gasteiger partial charge on any atom is -0.317 e. The quantitative estimate of drug-likeness (QED) is 0.869. The lowest BCUT2D eigenvalue weighted by molar-refractivity contribution is 0.602. The largest absolute Gasteiger partial charge is 0.317 e. The molecule has 2 rings (SSSR count). The first-order valence-electron chi connectivity index (χ1n) is 4.81. The molecular formula is C12H11ClFNS. The molecule has 1 aromatic heterocycles. The van der Waals surface area contributed by atoms with E-state index in [1.807, 2.05) is 19.1 Å². The van der Waals surface area contributed by atoms with E-state index in [1.54, 1.807) is 12.1 Å². The maximum Gasteiger partial charge on any atom is 0.123 e. The van der Waals surface area contributed by atoms with Crippen LogP contribution in [-0.4, -0.2) is 0 Å². The van der Waals surface area contributed by atoms with E-state index >= 15 is 0 Å². The van der Waals surface area contributed by atoms with Gasteiger partial charge >= 0.3 is 0 Å². The topological polar surface area (TPSA) is 26.0 Å². The van der Waals surface area contributed by atoms with Crippen molar-refractivity contribution in [3.8, 4) is 0 Å². The lowest BCUT2D eigenvalue weighted by Crippen LogP contribution is -2.33. The SMILES string of the molecule is CC(N)(c1ccc(F)cc1)c1ccc(Cl)s1. The normalized spacial score (nSPS) is 14.8. The molecule has 2 N–H and O–H groups in total. The molecule has 0 aliphatic rings. The van der Waals surface area contributed by atoms with Gasteiger partial charge in [0.25, 0.3) is 0 Å². The summed E-state index contributed by atoms with van der Waals surface area (Å²) in [5.41, 5.74) is 6.49. The van der Waals surface area contributed by atoms with Crippen molar-refractivity contribution in [1.82, 2.24) is 0 Å². The van der Waals surface area contributed by atoms with Gasteiger partial charge in [-0.15, -0.1) is 11.3 Å². The molecule has 1 unspecified atom stereocenters. The predicted octanol–water partition coefficient (Wildman–Crippen LogP) is 3.76. The molecule has 4 heteroatoms. The molecule has 0 saturated heterocycles. The molecule has 84 valence electrons. The van der Waals surface area contributed by atoms with E-state index in [9.17, 15) is 4.39 Å². The second-order valence-electron chi connectivity index (χ2n) is 3.81. The van der Waals surface area contributed by atoms with Crippen LogP contribution in [0, 0.1) is 5.82 Å². The Balaban J connectivity index is 2.42. The van der Waals surface area contributed by atoms with Crippen LogP contribution in [0.5, 0.6) is 0 Å². The first-order chi connectivity index (χ1) is 7.50. The first-order valence-corrected chi connectivity index (χ1v) is 6.00. The van der Waals surface area contributed by atoms with Crippen molar-refractivity contribution < 1.29 is 4.39 Å². The second kappa shape index (κ2) is 4.17. The van der Waals surface area contributed by atoms with E-state index in [0.717, 1.165) is 10.4 Å². The number of thiophene rings is 1. The fourth-order valence-corrected chi connectivity index (χ4v) is 2.66. The summed E-state index contributed by atoms with van der Waals surface area (Å²) in [7, 11) is 0. The molecule has 16 heavy (non-hydrogen) atoms. The lowest BCUT2D eigenvalue weighted by atomic mass is 9.92. The average Bonchev–Trinajstić information content (AvgIpc) is 2.66. The second-order valence-corrected chi connectivity index (χ2v) is 5.53. The van der Waals surface area contributed by atoms with Crippen LogP contribution < -0.4 is 5.73 Å². The van der Waals surface area contributed by atoms with Gasteiger partial charge < -0.3 is 5.73 Å². The van der Waals surface area contributed by atoms with E-state index in [-0.39, 0.29) is 5.82 Å². The summed E-state index contributed by atoms with van der Waals surface area (Å²) in [4.78, 5) is 0.962. The standard InChI is InChI=1S/C12H11ClFNS/c1-12(15,10-6-7-11(13)16-10)8-2-4-9(14)5-3-8/h2-7H,15H2,1H3. The summed E-state index contributed by atoms with van der Waals surface area (Å²) in [6.45, 7) is 1.89. The molecule has 0 aliphatic carbocycles. The Hall–Kier alpha value is -0.900. The maximum absolute atomic E-state index is 12.8. The highest BCUT2D eigenvalue weighted by Gasteiger charge is 2.25. The Morgan fingerprint density at radius 2 is 1.81 bits per heavy atom. The summed E-state index contributed by atoms with van der Waals surface area (Å²) >= 11 is 7.32. The highest BCUT2D eigenvalue weighted by Crippen LogP contribution is 2.33. The van der Waals surface area contributed by atoms with Gasteiger partial charge in [-0.2, -0.15) is 0 Å². The number of hydrogen-bond donors (Lipinski definition) is 1. The molecule has 1 aromatic carbocycles. The van der Waals surface area contributed by atoms with Crippen molar-refractivity contribution in [3.63, 3.8) is 0 Å². The Bertz CT molecular complexity index is 490. The molecule has 1 atom stereocenters. The van der Waals surface area contributed by atoms with Crippen molar-refractivity contribution >= 4 is 22.9 Å². The Kier molecular flexibility index (Phi) is 3.02. The summed E-state index contributed by atoms with van der Waals surface area (Å²) in [5.74, 6) is -0.260. The number of halogens is 2. The molecule has 0 amide bonds. The lowest BCUT2D eigenvalue weighted by Gasteiger charge is -2.23. The van der Waals surface area contributed by atoms with Gasteiger partial charge in [0.2, 0.25) is 0 Å². The summed E-state index contributed by atoms with van der Waals surface area (Å²) in [6, 6.07) is 9.93. The Morgan fingerprint density at radius 1 is 1.19 bits per heavy atom. The van der Waals surface area contributed by atoms with E-state index in [2.05, 4.69) is 0 Å². The number of rotatable bonds is 2.